The van der Waals surface area contributed by atoms with Gasteiger partial charge in [-0.05, 0) is 33.0 Å². The van der Waals surface area contributed by atoms with Crippen molar-refractivity contribution in [2.24, 2.45) is 0 Å². The monoisotopic (exact) mass is 360 g/mol. The Bertz CT molecular complexity index is 839. The third-order valence-corrected chi connectivity index (χ3v) is 3.98. The van der Waals surface area contributed by atoms with Crippen molar-refractivity contribution in [3.8, 4) is 0 Å². The molecule has 8 heteroatoms. The molecular weight excluding hydrogens is 344 g/mol. The van der Waals surface area contributed by atoms with Crippen LogP contribution in [0.3, 0.4) is 0 Å². The maximum atomic E-state index is 11.3. The summed E-state index contributed by atoms with van der Waals surface area (Å²) in [4.78, 5) is 45.2. The topological polar surface area (TPSA) is 149 Å². The lowest BCUT2D eigenvalue weighted by atomic mass is 9.84. The van der Waals surface area contributed by atoms with Gasteiger partial charge in [0.25, 0.3) is 0 Å². The van der Waals surface area contributed by atoms with Crippen molar-refractivity contribution < 1.29 is 39.6 Å². The molecule has 0 saturated heterocycles. The van der Waals surface area contributed by atoms with Gasteiger partial charge < -0.3 is 20.4 Å². The van der Waals surface area contributed by atoms with Gasteiger partial charge in [-0.3, -0.25) is 19.2 Å². The van der Waals surface area contributed by atoms with E-state index in [0.717, 1.165) is 0 Å². The molecule has 0 aromatic heterocycles. The number of hydrogen-bond donors (Lipinski definition) is 4. The van der Waals surface area contributed by atoms with Gasteiger partial charge in [0.2, 0.25) is 0 Å². The number of rotatable bonds is 8. The Kier molecular flexibility index (Phi) is 5.56. The minimum atomic E-state index is -1.26. The van der Waals surface area contributed by atoms with Crippen molar-refractivity contribution in [2.45, 2.75) is 25.7 Å². The Morgan fingerprint density at radius 1 is 0.538 bits per heavy atom. The van der Waals surface area contributed by atoms with E-state index in [1.807, 2.05) is 0 Å². The zero-order valence-corrected chi connectivity index (χ0v) is 13.6. The summed E-state index contributed by atoms with van der Waals surface area (Å²) in [5.41, 5.74) is 0.497. The number of fused-ring (bicyclic) bond motifs is 1. The summed E-state index contributed by atoms with van der Waals surface area (Å²) < 4.78 is 0. The van der Waals surface area contributed by atoms with E-state index in [-0.39, 0.29) is 22.3 Å². The molecule has 0 fully saturated rings. The van der Waals surface area contributed by atoms with Crippen LogP contribution in [0.1, 0.15) is 22.3 Å². The number of aliphatic carboxylic acids is 4. The highest BCUT2D eigenvalue weighted by atomic mass is 16.4. The average Bonchev–Trinajstić information content (AvgIpc) is 2.52. The first-order chi connectivity index (χ1) is 12.2. The van der Waals surface area contributed by atoms with Crippen LogP contribution in [0.25, 0.3) is 10.8 Å². The van der Waals surface area contributed by atoms with Crippen LogP contribution in [-0.4, -0.2) is 44.3 Å². The fourth-order valence-electron chi connectivity index (χ4n) is 3.13. The molecule has 136 valence electrons. The molecule has 0 aliphatic carbocycles. The second-order valence-electron chi connectivity index (χ2n) is 5.74. The third kappa shape index (κ3) is 4.15. The molecule has 0 spiro atoms. The number of carboxylic acids is 4. The highest BCUT2D eigenvalue weighted by molar-refractivity contribution is 5.97. The molecule has 0 bridgehead atoms. The molecular formula is C18H16O8. The molecule has 0 amide bonds. The van der Waals surface area contributed by atoms with Gasteiger partial charge >= 0.3 is 23.9 Å². The van der Waals surface area contributed by atoms with Gasteiger partial charge in [0.05, 0.1) is 25.7 Å². The van der Waals surface area contributed by atoms with E-state index < -0.39 is 49.6 Å². The van der Waals surface area contributed by atoms with Crippen LogP contribution in [0.15, 0.2) is 24.3 Å². The fourth-order valence-corrected chi connectivity index (χ4v) is 3.13. The van der Waals surface area contributed by atoms with Crippen molar-refractivity contribution in [3.63, 3.8) is 0 Å². The summed E-state index contributed by atoms with van der Waals surface area (Å²) in [6.45, 7) is 0. The van der Waals surface area contributed by atoms with Gasteiger partial charge in [0, 0.05) is 0 Å². The molecule has 0 unspecified atom stereocenters. The summed E-state index contributed by atoms with van der Waals surface area (Å²) in [5, 5.41) is 37.7. The van der Waals surface area contributed by atoms with Gasteiger partial charge in [0.1, 0.15) is 0 Å². The second-order valence-corrected chi connectivity index (χ2v) is 5.74. The average molecular weight is 360 g/mol. The Hall–Kier alpha value is -3.42. The zero-order chi connectivity index (χ0) is 19.4. The van der Waals surface area contributed by atoms with Gasteiger partial charge in [-0.2, -0.15) is 0 Å². The minimum absolute atomic E-state index is 0.0530. The molecule has 26 heavy (non-hydrogen) atoms. The summed E-state index contributed by atoms with van der Waals surface area (Å²) in [5.74, 6) is -4.93. The quantitative estimate of drug-likeness (QED) is 0.551. The minimum Gasteiger partial charge on any atom is -0.481 e. The van der Waals surface area contributed by atoms with Crippen LogP contribution < -0.4 is 0 Å². The van der Waals surface area contributed by atoms with Crippen molar-refractivity contribution >= 4 is 34.6 Å². The van der Waals surface area contributed by atoms with Crippen LogP contribution in [-0.2, 0) is 44.9 Å². The lowest BCUT2D eigenvalue weighted by Gasteiger charge is -2.20. The Morgan fingerprint density at radius 2 is 0.808 bits per heavy atom. The van der Waals surface area contributed by atoms with Crippen LogP contribution in [0, 0.1) is 0 Å². The third-order valence-electron chi connectivity index (χ3n) is 3.98. The van der Waals surface area contributed by atoms with E-state index in [1.54, 1.807) is 24.3 Å². The predicted octanol–water partition coefficient (Wildman–Crippen LogP) is 1.35. The number of benzene rings is 2. The first-order valence-corrected chi connectivity index (χ1v) is 7.62. The largest absolute Gasteiger partial charge is 0.481 e. The van der Waals surface area contributed by atoms with Crippen LogP contribution in [0.2, 0.25) is 0 Å². The van der Waals surface area contributed by atoms with Crippen LogP contribution in [0.4, 0.5) is 0 Å². The molecule has 2 aromatic carbocycles. The maximum absolute atomic E-state index is 11.3. The zero-order valence-electron chi connectivity index (χ0n) is 13.6. The van der Waals surface area contributed by atoms with Crippen molar-refractivity contribution in [1.29, 1.82) is 0 Å². The lowest BCUT2D eigenvalue weighted by Crippen LogP contribution is -2.17. The van der Waals surface area contributed by atoms with Crippen molar-refractivity contribution in [1.82, 2.24) is 0 Å². The second kappa shape index (κ2) is 7.64. The van der Waals surface area contributed by atoms with Gasteiger partial charge in [-0.15, -0.1) is 0 Å². The predicted molar refractivity (Wildman–Crippen MR) is 89.3 cm³/mol. The Balaban J connectivity index is 2.96. The molecule has 4 N–H and O–H groups in total. The number of carbonyl (C=O) groups is 4. The van der Waals surface area contributed by atoms with E-state index >= 15 is 0 Å². The summed E-state index contributed by atoms with van der Waals surface area (Å²) in [6.07, 6.45) is -2.18. The molecule has 0 saturated carbocycles. The first-order valence-electron chi connectivity index (χ1n) is 7.62. The molecule has 2 rings (SSSR count). The van der Waals surface area contributed by atoms with Gasteiger partial charge in [0.15, 0.2) is 0 Å². The molecule has 0 atom stereocenters. The van der Waals surface area contributed by atoms with Gasteiger partial charge in [-0.25, -0.2) is 0 Å². The number of hydrogen-bond acceptors (Lipinski definition) is 4. The molecule has 0 radical (unpaired) electrons. The number of carboxylic acid groups (broad SMARTS) is 4. The molecule has 0 aliphatic rings. The fraction of sp³-hybridized carbons (Fsp3) is 0.222. The van der Waals surface area contributed by atoms with E-state index in [1.165, 1.54) is 0 Å². The van der Waals surface area contributed by atoms with Crippen LogP contribution in [0.5, 0.6) is 0 Å². The SMILES string of the molecule is O=C(O)Cc1c(CC(=O)O)c(CC(=O)O)c2ccccc2c1CC(=O)O. The Morgan fingerprint density at radius 3 is 1.08 bits per heavy atom. The van der Waals surface area contributed by atoms with Gasteiger partial charge in [-0.1, -0.05) is 24.3 Å². The standard InChI is InChI=1S/C18H16O8/c19-15(20)5-11-9-3-1-2-4-10(9)12(6-16(21)22)14(8-18(25)26)13(11)7-17(23)24/h1-4H,5-8H2,(H,19,20)(H,21,22)(H,23,24)(H,25,26). The summed E-state index contributed by atoms with van der Waals surface area (Å²) in [6, 6.07) is 6.41. The lowest BCUT2D eigenvalue weighted by molar-refractivity contribution is -0.138. The smallest absolute Gasteiger partial charge is 0.307 e. The molecule has 8 nitrogen and oxygen atoms in total. The van der Waals surface area contributed by atoms with E-state index in [0.29, 0.717) is 10.8 Å². The molecule has 0 heterocycles. The van der Waals surface area contributed by atoms with Crippen molar-refractivity contribution in [2.75, 3.05) is 0 Å². The highest BCUT2D eigenvalue weighted by Crippen LogP contribution is 2.33. The first kappa shape index (κ1) is 18.9. The normalized spacial score (nSPS) is 10.6. The summed E-state index contributed by atoms with van der Waals surface area (Å²) in [7, 11) is 0. The highest BCUT2D eigenvalue weighted by Gasteiger charge is 2.24. The van der Waals surface area contributed by atoms with E-state index in [2.05, 4.69) is 0 Å². The van der Waals surface area contributed by atoms with Crippen molar-refractivity contribution in [3.05, 3.63) is 46.5 Å². The van der Waals surface area contributed by atoms with Crippen LogP contribution >= 0.6 is 0 Å². The summed E-state index contributed by atoms with van der Waals surface area (Å²) >= 11 is 0. The Labute approximate surface area is 147 Å². The molecule has 0 aliphatic heterocycles. The van der Waals surface area contributed by atoms with E-state index in [9.17, 15) is 39.6 Å². The van der Waals surface area contributed by atoms with E-state index in [4.69, 9.17) is 0 Å². The maximum Gasteiger partial charge on any atom is 0.307 e. The molecule has 2 aromatic rings.